The van der Waals surface area contributed by atoms with Crippen LogP contribution in [0.5, 0.6) is 0 Å². The highest BCUT2D eigenvalue weighted by Crippen LogP contribution is 2.32. The molecule has 4 heteroatoms. The number of rotatable bonds is 1. The highest BCUT2D eigenvalue weighted by molar-refractivity contribution is 6.30. The molecule has 92 valence electrons. The van der Waals surface area contributed by atoms with Crippen LogP contribution < -0.4 is 5.73 Å². The maximum Gasteiger partial charge on any atom is 0.220 e. The van der Waals surface area contributed by atoms with E-state index >= 15 is 0 Å². The van der Waals surface area contributed by atoms with Crippen LogP contribution >= 0.6 is 11.6 Å². The Morgan fingerprint density at radius 3 is 2.78 bits per heavy atom. The molecule has 18 heavy (non-hydrogen) atoms. The number of anilines is 1. The first-order valence-corrected chi connectivity index (χ1v) is 6.46. The first-order valence-electron chi connectivity index (χ1n) is 6.08. The molecular formula is C14H14ClN3. The van der Waals surface area contributed by atoms with Crippen molar-refractivity contribution in [3.05, 3.63) is 52.3 Å². The standard InChI is InChI=1S/C14H14ClN3/c15-12-5-3-9(4-6-12)10-1-2-11-8-17-14(16)18-13(11)7-10/h3-6,8,10H,1-2,7H2,(H2,16,17,18). The molecule has 1 aliphatic carbocycles. The first kappa shape index (κ1) is 11.5. The van der Waals surface area contributed by atoms with Crippen LogP contribution in [0.4, 0.5) is 5.95 Å². The second kappa shape index (κ2) is 4.58. The molecule has 0 saturated carbocycles. The van der Waals surface area contributed by atoms with Gasteiger partial charge >= 0.3 is 0 Å². The fourth-order valence-corrected chi connectivity index (χ4v) is 2.65. The molecule has 1 unspecified atom stereocenters. The van der Waals surface area contributed by atoms with Crippen molar-refractivity contribution in [3.63, 3.8) is 0 Å². The topological polar surface area (TPSA) is 51.8 Å². The normalized spacial score (nSPS) is 18.4. The van der Waals surface area contributed by atoms with E-state index in [1.807, 2.05) is 18.3 Å². The Bertz CT molecular complexity index is 566. The van der Waals surface area contributed by atoms with Gasteiger partial charge in [-0.05, 0) is 48.4 Å². The van der Waals surface area contributed by atoms with E-state index in [2.05, 4.69) is 22.1 Å². The lowest BCUT2D eigenvalue weighted by atomic mass is 9.83. The highest BCUT2D eigenvalue weighted by atomic mass is 35.5. The Labute approximate surface area is 111 Å². The van der Waals surface area contributed by atoms with Gasteiger partial charge in [-0.25, -0.2) is 9.97 Å². The molecule has 0 bridgehead atoms. The molecule has 1 heterocycles. The smallest absolute Gasteiger partial charge is 0.220 e. The van der Waals surface area contributed by atoms with E-state index in [1.54, 1.807) is 0 Å². The lowest BCUT2D eigenvalue weighted by Gasteiger charge is -2.23. The quantitative estimate of drug-likeness (QED) is 0.857. The van der Waals surface area contributed by atoms with E-state index in [1.165, 1.54) is 11.1 Å². The highest BCUT2D eigenvalue weighted by Gasteiger charge is 2.21. The molecule has 0 aliphatic heterocycles. The van der Waals surface area contributed by atoms with E-state index < -0.39 is 0 Å². The molecule has 0 spiro atoms. The fraction of sp³-hybridized carbons (Fsp3) is 0.286. The van der Waals surface area contributed by atoms with Crippen LogP contribution in [0.3, 0.4) is 0 Å². The molecule has 2 aromatic rings. The predicted molar refractivity (Wildman–Crippen MR) is 72.7 cm³/mol. The number of halogens is 1. The van der Waals surface area contributed by atoms with Crippen molar-refractivity contribution >= 4 is 17.5 Å². The lowest BCUT2D eigenvalue weighted by molar-refractivity contribution is 0.571. The largest absolute Gasteiger partial charge is 0.368 e. The molecule has 3 rings (SSSR count). The van der Waals surface area contributed by atoms with Gasteiger partial charge in [0.05, 0.1) is 0 Å². The molecule has 1 atom stereocenters. The first-order chi connectivity index (χ1) is 8.72. The average Bonchev–Trinajstić information content (AvgIpc) is 2.38. The van der Waals surface area contributed by atoms with Crippen molar-refractivity contribution in [1.29, 1.82) is 0 Å². The summed E-state index contributed by atoms with van der Waals surface area (Å²) in [5, 5.41) is 0.779. The van der Waals surface area contributed by atoms with Gasteiger partial charge in [0.2, 0.25) is 5.95 Å². The van der Waals surface area contributed by atoms with Crippen molar-refractivity contribution < 1.29 is 0 Å². The third-order valence-electron chi connectivity index (χ3n) is 3.52. The monoisotopic (exact) mass is 259 g/mol. The van der Waals surface area contributed by atoms with Crippen LogP contribution in [0.1, 0.15) is 29.2 Å². The number of aryl methyl sites for hydroxylation is 1. The number of fused-ring (bicyclic) bond motifs is 1. The summed E-state index contributed by atoms with van der Waals surface area (Å²) in [6.07, 6.45) is 4.93. The van der Waals surface area contributed by atoms with Crippen molar-refractivity contribution in [1.82, 2.24) is 9.97 Å². The number of nitrogens with zero attached hydrogens (tertiary/aromatic N) is 2. The maximum atomic E-state index is 5.92. The van der Waals surface area contributed by atoms with Crippen molar-refractivity contribution in [2.75, 3.05) is 5.73 Å². The van der Waals surface area contributed by atoms with Crippen LogP contribution in [-0.4, -0.2) is 9.97 Å². The summed E-state index contributed by atoms with van der Waals surface area (Å²) in [5.74, 6) is 0.870. The summed E-state index contributed by atoms with van der Waals surface area (Å²) < 4.78 is 0. The Hall–Kier alpha value is -1.61. The number of nitrogen functional groups attached to an aromatic ring is 1. The van der Waals surface area contributed by atoms with Gasteiger partial charge in [0.25, 0.3) is 0 Å². The van der Waals surface area contributed by atoms with E-state index in [9.17, 15) is 0 Å². The van der Waals surface area contributed by atoms with Crippen molar-refractivity contribution in [2.45, 2.75) is 25.2 Å². The van der Waals surface area contributed by atoms with Crippen LogP contribution in [0.2, 0.25) is 5.02 Å². The predicted octanol–water partition coefficient (Wildman–Crippen LogP) is 2.98. The fourth-order valence-electron chi connectivity index (χ4n) is 2.53. The minimum atomic E-state index is 0.366. The number of hydrogen-bond acceptors (Lipinski definition) is 3. The molecule has 1 aromatic carbocycles. The Kier molecular flexibility index (Phi) is 2.92. The third kappa shape index (κ3) is 2.18. The van der Waals surface area contributed by atoms with Gasteiger partial charge < -0.3 is 5.73 Å². The molecule has 2 N–H and O–H groups in total. The summed E-state index contributed by atoms with van der Waals surface area (Å²) in [5.41, 5.74) is 9.29. The Balaban J connectivity index is 1.88. The second-order valence-corrected chi connectivity index (χ2v) is 5.13. The number of benzene rings is 1. The maximum absolute atomic E-state index is 5.92. The van der Waals surface area contributed by atoms with Crippen molar-refractivity contribution in [2.24, 2.45) is 0 Å². The number of nitrogens with two attached hydrogens (primary N) is 1. The minimum Gasteiger partial charge on any atom is -0.368 e. The van der Waals surface area contributed by atoms with E-state index in [0.29, 0.717) is 11.9 Å². The van der Waals surface area contributed by atoms with Gasteiger partial charge in [0.15, 0.2) is 0 Å². The van der Waals surface area contributed by atoms with Crippen LogP contribution in [0, 0.1) is 0 Å². The lowest BCUT2D eigenvalue weighted by Crippen LogP contribution is -2.15. The van der Waals surface area contributed by atoms with E-state index in [0.717, 1.165) is 30.0 Å². The zero-order valence-corrected chi connectivity index (χ0v) is 10.7. The van der Waals surface area contributed by atoms with Crippen LogP contribution in [-0.2, 0) is 12.8 Å². The van der Waals surface area contributed by atoms with Crippen molar-refractivity contribution in [3.8, 4) is 0 Å². The van der Waals surface area contributed by atoms with Crippen LogP contribution in [0.25, 0.3) is 0 Å². The summed E-state index contributed by atoms with van der Waals surface area (Å²) in [6.45, 7) is 0. The summed E-state index contributed by atoms with van der Waals surface area (Å²) >= 11 is 5.92. The molecule has 0 saturated heterocycles. The Morgan fingerprint density at radius 1 is 1.22 bits per heavy atom. The summed E-state index contributed by atoms with van der Waals surface area (Å²) in [7, 11) is 0. The minimum absolute atomic E-state index is 0.366. The van der Waals surface area contributed by atoms with Crippen LogP contribution in [0.15, 0.2) is 30.5 Å². The average molecular weight is 260 g/mol. The number of aromatic nitrogens is 2. The molecule has 0 radical (unpaired) electrons. The second-order valence-electron chi connectivity index (χ2n) is 4.69. The molecule has 0 fully saturated rings. The van der Waals surface area contributed by atoms with E-state index in [4.69, 9.17) is 17.3 Å². The Morgan fingerprint density at radius 2 is 2.00 bits per heavy atom. The summed E-state index contributed by atoms with van der Waals surface area (Å²) in [6, 6.07) is 8.09. The third-order valence-corrected chi connectivity index (χ3v) is 3.77. The molecule has 3 nitrogen and oxygen atoms in total. The molecular weight excluding hydrogens is 246 g/mol. The molecule has 0 amide bonds. The number of hydrogen-bond donors (Lipinski definition) is 1. The zero-order valence-electron chi connectivity index (χ0n) is 9.94. The SMILES string of the molecule is Nc1ncc2c(n1)CC(c1ccc(Cl)cc1)CC2. The van der Waals surface area contributed by atoms with Gasteiger partial charge in [-0.2, -0.15) is 0 Å². The molecule has 1 aromatic heterocycles. The van der Waals surface area contributed by atoms with Gasteiger partial charge in [0, 0.05) is 16.9 Å². The zero-order chi connectivity index (χ0) is 12.5. The van der Waals surface area contributed by atoms with Gasteiger partial charge in [-0.3, -0.25) is 0 Å². The molecule has 1 aliphatic rings. The summed E-state index contributed by atoms with van der Waals surface area (Å²) in [4.78, 5) is 8.40. The van der Waals surface area contributed by atoms with Gasteiger partial charge in [-0.1, -0.05) is 23.7 Å². The van der Waals surface area contributed by atoms with E-state index in [-0.39, 0.29) is 0 Å². The van der Waals surface area contributed by atoms with Gasteiger partial charge in [0.1, 0.15) is 0 Å². The van der Waals surface area contributed by atoms with Gasteiger partial charge in [-0.15, -0.1) is 0 Å².